The number of nitrogens with two attached hydrogens (primary N) is 2. The molecule has 0 heterocycles. The molecule has 1 aromatic rings. The number of benzene rings is 1. The maximum absolute atomic E-state index is 10.9. The molecule has 80 valence electrons. The highest BCUT2D eigenvalue weighted by atomic mass is 35.5. The van der Waals surface area contributed by atoms with Crippen LogP contribution in [-0.4, -0.2) is 8.42 Å². The van der Waals surface area contributed by atoms with E-state index in [2.05, 4.69) is 0 Å². The second-order valence-electron chi connectivity index (χ2n) is 2.84. The van der Waals surface area contributed by atoms with Crippen molar-refractivity contribution in [1.29, 1.82) is 0 Å². The van der Waals surface area contributed by atoms with Gasteiger partial charge in [0.15, 0.2) is 0 Å². The van der Waals surface area contributed by atoms with E-state index >= 15 is 0 Å². The van der Waals surface area contributed by atoms with Crippen LogP contribution in [0.15, 0.2) is 23.1 Å². The molecule has 1 aromatic carbocycles. The summed E-state index contributed by atoms with van der Waals surface area (Å²) in [4.78, 5) is 0.127. The number of rotatable bonds is 2. The van der Waals surface area contributed by atoms with Crippen LogP contribution >= 0.6 is 12.4 Å². The Bertz CT molecular complexity index is 417. The molecule has 0 atom stereocenters. The molecule has 0 radical (unpaired) electrons. The van der Waals surface area contributed by atoms with E-state index in [9.17, 15) is 8.42 Å². The van der Waals surface area contributed by atoms with E-state index in [0.29, 0.717) is 6.54 Å². The summed E-state index contributed by atoms with van der Waals surface area (Å²) in [5.74, 6) is 0. The van der Waals surface area contributed by atoms with Crippen LogP contribution in [0.5, 0.6) is 0 Å². The van der Waals surface area contributed by atoms with Crippen LogP contribution < -0.4 is 10.9 Å². The molecule has 4 nitrogen and oxygen atoms in total. The first-order chi connectivity index (χ1) is 5.95. The van der Waals surface area contributed by atoms with Gasteiger partial charge in [0.1, 0.15) is 0 Å². The van der Waals surface area contributed by atoms with Crippen LogP contribution in [0.3, 0.4) is 0 Å². The van der Waals surface area contributed by atoms with Gasteiger partial charge in [0.25, 0.3) is 0 Å². The summed E-state index contributed by atoms with van der Waals surface area (Å²) in [6, 6.07) is 4.66. The number of primary sulfonamides is 1. The molecule has 1 rings (SSSR count). The molecular weight excluding hydrogens is 224 g/mol. The van der Waals surface area contributed by atoms with Gasteiger partial charge in [0.05, 0.1) is 4.90 Å². The molecule has 0 aliphatic carbocycles. The van der Waals surface area contributed by atoms with E-state index < -0.39 is 10.0 Å². The summed E-state index contributed by atoms with van der Waals surface area (Å²) >= 11 is 0. The zero-order chi connectivity index (χ0) is 10.1. The van der Waals surface area contributed by atoms with Gasteiger partial charge in [-0.05, 0) is 30.2 Å². The number of aryl methyl sites for hydroxylation is 1. The smallest absolute Gasteiger partial charge is 0.238 e. The monoisotopic (exact) mass is 236 g/mol. The van der Waals surface area contributed by atoms with Gasteiger partial charge in [-0.15, -0.1) is 12.4 Å². The first kappa shape index (κ1) is 13.4. The maximum Gasteiger partial charge on any atom is 0.238 e. The van der Waals surface area contributed by atoms with E-state index in [1.165, 1.54) is 12.1 Å². The summed E-state index contributed by atoms with van der Waals surface area (Å²) in [5.41, 5.74) is 7.19. The molecule has 0 saturated heterocycles. The minimum Gasteiger partial charge on any atom is -0.326 e. The zero-order valence-corrected chi connectivity index (χ0v) is 9.36. The zero-order valence-electron chi connectivity index (χ0n) is 7.73. The SMILES string of the molecule is Cc1cc(S(N)(=O)=O)ccc1CN.Cl. The van der Waals surface area contributed by atoms with Gasteiger partial charge in [0, 0.05) is 6.54 Å². The highest BCUT2D eigenvalue weighted by Crippen LogP contribution is 2.13. The molecule has 14 heavy (non-hydrogen) atoms. The topological polar surface area (TPSA) is 86.2 Å². The molecule has 0 aliphatic heterocycles. The van der Waals surface area contributed by atoms with Crippen molar-refractivity contribution in [3.8, 4) is 0 Å². The first-order valence-electron chi connectivity index (χ1n) is 3.77. The number of halogens is 1. The molecule has 0 aromatic heterocycles. The molecular formula is C8H13ClN2O2S. The Labute approximate surface area is 89.8 Å². The standard InChI is InChI=1S/C8H12N2O2S.ClH/c1-6-4-8(13(10,11)12)3-2-7(6)5-9;/h2-4H,5,9H2,1H3,(H2,10,11,12);1H. The van der Waals surface area contributed by atoms with Gasteiger partial charge in [-0.2, -0.15) is 0 Å². The summed E-state index contributed by atoms with van der Waals surface area (Å²) in [5, 5.41) is 4.96. The Kier molecular flexibility index (Phi) is 4.54. The van der Waals surface area contributed by atoms with Crippen molar-refractivity contribution in [2.24, 2.45) is 10.9 Å². The van der Waals surface area contributed by atoms with Gasteiger partial charge in [-0.3, -0.25) is 0 Å². The van der Waals surface area contributed by atoms with Gasteiger partial charge < -0.3 is 5.73 Å². The van der Waals surface area contributed by atoms with Crippen molar-refractivity contribution in [1.82, 2.24) is 0 Å². The molecule has 0 amide bonds. The predicted molar refractivity (Wildman–Crippen MR) is 57.7 cm³/mol. The average molecular weight is 237 g/mol. The van der Waals surface area contributed by atoms with Crippen molar-refractivity contribution in [3.63, 3.8) is 0 Å². The molecule has 0 fully saturated rings. The number of hydrogen-bond acceptors (Lipinski definition) is 3. The lowest BCUT2D eigenvalue weighted by Gasteiger charge is -2.04. The molecule has 0 spiro atoms. The lowest BCUT2D eigenvalue weighted by atomic mass is 10.1. The van der Waals surface area contributed by atoms with Crippen molar-refractivity contribution in [3.05, 3.63) is 29.3 Å². The van der Waals surface area contributed by atoms with Crippen LogP contribution in [0.1, 0.15) is 11.1 Å². The third kappa shape index (κ3) is 2.95. The van der Waals surface area contributed by atoms with Crippen LogP contribution in [0.25, 0.3) is 0 Å². The van der Waals surface area contributed by atoms with Crippen molar-refractivity contribution in [2.75, 3.05) is 0 Å². The number of sulfonamides is 1. The quantitative estimate of drug-likeness (QED) is 0.785. The van der Waals surface area contributed by atoms with Crippen molar-refractivity contribution in [2.45, 2.75) is 18.4 Å². The highest BCUT2D eigenvalue weighted by Gasteiger charge is 2.08. The third-order valence-electron chi connectivity index (χ3n) is 1.86. The second kappa shape index (κ2) is 4.75. The molecule has 6 heteroatoms. The van der Waals surface area contributed by atoms with E-state index in [-0.39, 0.29) is 17.3 Å². The fourth-order valence-electron chi connectivity index (χ4n) is 1.07. The fourth-order valence-corrected chi connectivity index (χ4v) is 1.67. The maximum atomic E-state index is 10.9. The molecule has 0 saturated carbocycles. The third-order valence-corrected chi connectivity index (χ3v) is 2.77. The van der Waals surface area contributed by atoms with E-state index in [0.717, 1.165) is 11.1 Å². The lowest BCUT2D eigenvalue weighted by molar-refractivity contribution is 0.597. The Hall–Kier alpha value is -0.620. The molecule has 0 aliphatic rings. The Morgan fingerprint density at radius 2 is 1.93 bits per heavy atom. The fraction of sp³-hybridized carbons (Fsp3) is 0.250. The van der Waals surface area contributed by atoms with Crippen molar-refractivity contribution < 1.29 is 8.42 Å². The first-order valence-corrected chi connectivity index (χ1v) is 5.32. The predicted octanol–water partition coefficient (Wildman–Crippen LogP) is 0.523. The van der Waals surface area contributed by atoms with Crippen LogP contribution in [0, 0.1) is 6.92 Å². The highest BCUT2D eigenvalue weighted by molar-refractivity contribution is 7.89. The normalized spacial score (nSPS) is 10.8. The lowest BCUT2D eigenvalue weighted by Crippen LogP contribution is -2.12. The van der Waals surface area contributed by atoms with Gasteiger partial charge in [-0.25, -0.2) is 13.6 Å². The minimum atomic E-state index is -3.59. The second-order valence-corrected chi connectivity index (χ2v) is 4.40. The van der Waals surface area contributed by atoms with Gasteiger partial charge in [0.2, 0.25) is 10.0 Å². The largest absolute Gasteiger partial charge is 0.326 e. The van der Waals surface area contributed by atoms with Gasteiger partial charge >= 0.3 is 0 Å². The van der Waals surface area contributed by atoms with Crippen LogP contribution in [0.2, 0.25) is 0 Å². The van der Waals surface area contributed by atoms with Crippen molar-refractivity contribution >= 4 is 22.4 Å². The minimum absolute atomic E-state index is 0. The summed E-state index contributed by atoms with van der Waals surface area (Å²) in [6.07, 6.45) is 0. The average Bonchev–Trinajstić information content (AvgIpc) is 2.02. The summed E-state index contributed by atoms with van der Waals surface area (Å²) < 4.78 is 21.9. The Morgan fingerprint density at radius 3 is 2.29 bits per heavy atom. The van der Waals surface area contributed by atoms with Crippen LogP contribution in [-0.2, 0) is 16.6 Å². The van der Waals surface area contributed by atoms with E-state index in [4.69, 9.17) is 10.9 Å². The van der Waals surface area contributed by atoms with E-state index in [1.54, 1.807) is 13.0 Å². The van der Waals surface area contributed by atoms with Gasteiger partial charge in [-0.1, -0.05) is 6.07 Å². The molecule has 0 bridgehead atoms. The Morgan fingerprint density at radius 1 is 1.36 bits per heavy atom. The Balaban J connectivity index is 0.00000169. The molecule has 0 unspecified atom stereocenters. The summed E-state index contributed by atoms with van der Waals surface area (Å²) in [6.45, 7) is 2.20. The summed E-state index contributed by atoms with van der Waals surface area (Å²) in [7, 11) is -3.59. The van der Waals surface area contributed by atoms with E-state index in [1.807, 2.05) is 0 Å². The number of hydrogen-bond donors (Lipinski definition) is 2. The van der Waals surface area contributed by atoms with Crippen LogP contribution in [0.4, 0.5) is 0 Å². The molecule has 4 N–H and O–H groups in total.